The summed E-state index contributed by atoms with van der Waals surface area (Å²) < 4.78 is 39.2. The molecule has 2 N–H and O–H groups in total. The molecule has 0 radical (unpaired) electrons. The molecular weight excluding hydrogens is 345 g/mol. The van der Waals surface area contributed by atoms with E-state index in [-0.39, 0.29) is 17.4 Å². The van der Waals surface area contributed by atoms with Gasteiger partial charge in [0.05, 0.1) is 17.6 Å². The van der Waals surface area contributed by atoms with Crippen LogP contribution in [0, 0.1) is 5.82 Å². The molecule has 132 valence electrons. The molecule has 1 fully saturated rings. The summed E-state index contributed by atoms with van der Waals surface area (Å²) in [5.41, 5.74) is 0.931. The van der Waals surface area contributed by atoms with Gasteiger partial charge in [0.15, 0.2) is 0 Å². The third-order valence-electron chi connectivity index (χ3n) is 3.71. The Morgan fingerprint density at radius 2 is 1.80 bits per heavy atom. The summed E-state index contributed by atoms with van der Waals surface area (Å²) in [7, 11) is -3.55. The van der Waals surface area contributed by atoms with Gasteiger partial charge in [-0.1, -0.05) is 18.2 Å². The molecule has 8 heteroatoms. The van der Waals surface area contributed by atoms with Crippen molar-refractivity contribution in [2.24, 2.45) is 0 Å². The average Bonchev–Trinajstić information content (AvgIpc) is 3.34. The van der Waals surface area contributed by atoms with Gasteiger partial charge >= 0.3 is 6.03 Å². The zero-order chi connectivity index (χ0) is 18.0. The zero-order valence-electron chi connectivity index (χ0n) is 13.6. The summed E-state index contributed by atoms with van der Waals surface area (Å²) in [6.45, 7) is 0. The van der Waals surface area contributed by atoms with Gasteiger partial charge < -0.3 is 10.6 Å². The van der Waals surface area contributed by atoms with E-state index >= 15 is 0 Å². The second-order valence-electron chi connectivity index (χ2n) is 5.90. The predicted molar refractivity (Wildman–Crippen MR) is 95.8 cm³/mol. The molecule has 0 aromatic heterocycles. The number of rotatable bonds is 5. The fourth-order valence-electron chi connectivity index (χ4n) is 2.56. The van der Waals surface area contributed by atoms with E-state index in [4.69, 9.17) is 0 Å². The SMILES string of the molecule is CS(=O)(=O)N(c1ccc(F)cc1NC(=O)Nc1ccccc1)C1CC1. The number of amides is 2. The van der Waals surface area contributed by atoms with Gasteiger partial charge in [-0.2, -0.15) is 0 Å². The molecule has 0 spiro atoms. The number of hydrogen-bond donors (Lipinski definition) is 2. The first-order chi connectivity index (χ1) is 11.8. The van der Waals surface area contributed by atoms with Crippen LogP contribution in [0.25, 0.3) is 0 Å². The molecule has 0 unspecified atom stereocenters. The second-order valence-corrected chi connectivity index (χ2v) is 7.76. The highest BCUT2D eigenvalue weighted by Gasteiger charge is 2.36. The minimum Gasteiger partial charge on any atom is -0.308 e. The van der Waals surface area contributed by atoms with Crippen molar-refractivity contribution in [3.63, 3.8) is 0 Å². The first kappa shape index (κ1) is 17.2. The van der Waals surface area contributed by atoms with Crippen molar-refractivity contribution in [1.82, 2.24) is 0 Å². The molecule has 6 nitrogen and oxygen atoms in total. The molecule has 2 aromatic rings. The first-order valence-corrected chi connectivity index (χ1v) is 9.61. The topological polar surface area (TPSA) is 78.5 Å². The van der Waals surface area contributed by atoms with Crippen molar-refractivity contribution >= 4 is 33.1 Å². The third-order valence-corrected chi connectivity index (χ3v) is 4.92. The fourth-order valence-corrected chi connectivity index (χ4v) is 3.83. The number of hydrogen-bond acceptors (Lipinski definition) is 3. The summed E-state index contributed by atoms with van der Waals surface area (Å²) in [5, 5.41) is 5.16. The summed E-state index contributed by atoms with van der Waals surface area (Å²) in [6.07, 6.45) is 2.57. The van der Waals surface area contributed by atoms with Crippen LogP contribution >= 0.6 is 0 Å². The standard InChI is InChI=1S/C17H18FN3O3S/c1-25(23,24)21(14-8-9-14)16-10-7-12(18)11-15(16)20-17(22)19-13-5-3-2-4-6-13/h2-7,10-11,14H,8-9H2,1H3,(H2,19,20,22). The van der Waals surface area contributed by atoms with Crippen LogP contribution < -0.4 is 14.9 Å². The van der Waals surface area contributed by atoms with Crippen LogP contribution in [0.1, 0.15) is 12.8 Å². The third kappa shape index (κ3) is 4.27. The van der Waals surface area contributed by atoms with E-state index in [0.29, 0.717) is 5.69 Å². The van der Waals surface area contributed by atoms with Crippen LogP contribution in [-0.4, -0.2) is 26.7 Å². The lowest BCUT2D eigenvalue weighted by atomic mass is 10.2. The van der Waals surface area contributed by atoms with Crippen LogP contribution in [0.15, 0.2) is 48.5 Å². The number of halogens is 1. The van der Waals surface area contributed by atoms with Crippen molar-refractivity contribution in [2.75, 3.05) is 21.2 Å². The van der Waals surface area contributed by atoms with E-state index in [2.05, 4.69) is 10.6 Å². The van der Waals surface area contributed by atoms with Crippen LogP contribution in [0.2, 0.25) is 0 Å². The molecule has 0 heterocycles. The van der Waals surface area contributed by atoms with Gasteiger partial charge in [-0.25, -0.2) is 17.6 Å². The number of carbonyl (C=O) groups excluding carboxylic acids is 1. The molecule has 0 bridgehead atoms. The van der Waals surface area contributed by atoms with Gasteiger partial charge in [0.1, 0.15) is 5.82 Å². The number of benzene rings is 2. The maximum Gasteiger partial charge on any atom is 0.323 e. The summed E-state index contributed by atoms with van der Waals surface area (Å²) in [4.78, 5) is 12.2. The molecule has 1 aliphatic rings. The molecule has 1 aliphatic carbocycles. The number of urea groups is 1. The lowest BCUT2D eigenvalue weighted by Gasteiger charge is -2.25. The molecule has 2 aromatic carbocycles. The Morgan fingerprint density at radius 1 is 1.12 bits per heavy atom. The quantitative estimate of drug-likeness (QED) is 0.855. The van der Waals surface area contributed by atoms with E-state index in [1.165, 1.54) is 16.4 Å². The Balaban J connectivity index is 1.88. The maximum atomic E-state index is 13.7. The highest BCUT2D eigenvalue weighted by molar-refractivity contribution is 7.92. The minimum atomic E-state index is -3.55. The van der Waals surface area contributed by atoms with E-state index < -0.39 is 21.9 Å². The summed E-state index contributed by atoms with van der Waals surface area (Å²) in [5.74, 6) is -0.567. The highest BCUT2D eigenvalue weighted by atomic mass is 32.2. The first-order valence-electron chi connectivity index (χ1n) is 7.76. The van der Waals surface area contributed by atoms with Gasteiger partial charge in [-0.05, 0) is 43.2 Å². The molecule has 0 atom stereocenters. The van der Waals surface area contributed by atoms with Crippen LogP contribution in [0.5, 0.6) is 0 Å². The monoisotopic (exact) mass is 363 g/mol. The number of para-hydroxylation sites is 1. The van der Waals surface area contributed by atoms with E-state index in [1.54, 1.807) is 24.3 Å². The Hall–Kier alpha value is -2.61. The summed E-state index contributed by atoms with van der Waals surface area (Å²) in [6, 6.07) is 11.7. The highest BCUT2D eigenvalue weighted by Crippen LogP contribution is 2.38. The Kier molecular flexibility index (Phi) is 4.63. The van der Waals surface area contributed by atoms with Gasteiger partial charge in [0, 0.05) is 11.7 Å². The largest absolute Gasteiger partial charge is 0.323 e. The van der Waals surface area contributed by atoms with E-state index in [1.807, 2.05) is 6.07 Å². The minimum absolute atomic E-state index is 0.103. The Morgan fingerprint density at radius 3 is 2.40 bits per heavy atom. The van der Waals surface area contributed by atoms with E-state index in [9.17, 15) is 17.6 Å². The lowest BCUT2D eigenvalue weighted by molar-refractivity contribution is 0.262. The van der Waals surface area contributed by atoms with Gasteiger partial charge in [0.2, 0.25) is 10.0 Å². The van der Waals surface area contributed by atoms with Gasteiger partial charge in [-0.3, -0.25) is 4.31 Å². The average molecular weight is 363 g/mol. The zero-order valence-corrected chi connectivity index (χ0v) is 14.4. The van der Waals surface area contributed by atoms with Gasteiger partial charge in [-0.15, -0.1) is 0 Å². The molecule has 2 amide bonds. The summed E-state index contributed by atoms with van der Waals surface area (Å²) >= 11 is 0. The van der Waals surface area contributed by atoms with Crippen LogP contribution in [0.3, 0.4) is 0 Å². The lowest BCUT2D eigenvalue weighted by Crippen LogP contribution is -2.33. The maximum absolute atomic E-state index is 13.7. The predicted octanol–water partition coefficient (Wildman–Crippen LogP) is 3.40. The van der Waals surface area contributed by atoms with Gasteiger partial charge in [0.25, 0.3) is 0 Å². The number of carbonyl (C=O) groups is 1. The number of nitrogens with one attached hydrogen (secondary N) is 2. The Bertz CT molecular complexity index is 883. The molecule has 3 rings (SSSR count). The normalized spacial score (nSPS) is 14.0. The van der Waals surface area contributed by atoms with Crippen molar-refractivity contribution < 1.29 is 17.6 Å². The van der Waals surface area contributed by atoms with Crippen molar-refractivity contribution in [3.8, 4) is 0 Å². The Labute approximate surface area is 145 Å². The van der Waals surface area contributed by atoms with Crippen molar-refractivity contribution in [2.45, 2.75) is 18.9 Å². The number of nitrogens with zero attached hydrogens (tertiary/aromatic N) is 1. The van der Waals surface area contributed by atoms with Crippen LogP contribution in [0.4, 0.5) is 26.2 Å². The molecule has 0 saturated heterocycles. The molecule has 1 saturated carbocycles. The molecule has 25 heavy (non-hydrogen) atoms. The number of sulfonamides is 1. The smallest absolute Gasteiger partial charge is 0.308 e. The van der Waals surface area contributed by atoms with Crippen molar-refractivity contribution in [3.05, 3.63) is 54.3 Å². The number of anilines is 3. The van der Waals surface area contributed by atoms with Crippen LogP contribution in [-0.2, 0) is 10.0 Å². The van der Waals surface area contributed by atoms with E-state index in [0.717, 1.165) is 25.2 Å². The fraction of sp³-hybridized carbons (Fsp3) is 0.235. The molecule has 0 aliphatic heterocycles. The molecular formula is C17H18FN3O3S. The van der Waals surface area contributed by atoms with Crippen molar-refractivity contribution in [1.29, 1.82) is 0 Å². The second kappa shape index (κ2) is 6.72.